The van der Waals surface area contributed by atoms with Crippen LogP contribution in [0.4, 0.5) is 4.39 Å². The van der Waals surface area contributed by atoms with E-state index in [-0.39, 0.29) is 16.7 Å². The first-order valence-electron chi connectivity index (χ1n) is 6.09. The highest BCUT2D eigenvalue weighted by Gasteiger charge is 2.19. The van der Waals surface area contributed by atoms with E-state index in [0.29, 0.717) is 19.0 Å². The van der Waals surface area contributed by atoms with Gasteiger partial charge < -0.3 is 20.1 Å². The summed E-state index contributed by atoms with van der Waals surface area (Å²) in [6.07, 6.45) is -0.0267. The molecule has 6 heteroatoms. The molecule has 2 N–H and O–H groups in total. The highest BCUT2D eigenvalue weighted by molar-refractivity contribution is 7.80. The van der Waals surface area contributed by atoms with Gasteiger partial charge in [0.05, 0.1) is 12.2 Å². The maximum absolute atomic E-state index is 13.6. The van der Waals surface area contributed by atoms with Gasteiger partial charge in [-0.25, -0.2) is 4.39 Å². The Morgan fingerprint density at radius 3 is 3.11 bits per heavy atom. The van der Waals surface area contributed by atoms with Crippen LogP contribution in [0.5, 0.6) is 5.75 Å². The standard InChI is InChI=1S/C13H17FN2O2S/c1-16-5-6-17-9(7-16)8-18-11-4-2-3-10(14)12(11)13(15)19/h2-4,9H,5-8H2,1H3,(H2,15,19). The van der Waals surface area contributed by atoms with Crippen LogP contribution in [0, 0.1) is 5.82 Å². The van der Waals surface area contributed by atoms with Gasteiger partial charge >= 0.3 is 0 Å². The SMILES string of the molecule is CN1CCOC(COc2cccc(F)c2C(N)=S)C1. The Bertz CT molecular complexity index is 470. The normalized spacial score (nSPS) is 20.2. The predicted molar refractivity (Wildman–Crippen MR) is 75.0 cm³/mol. The summed E-state index contributed by atoms with van der Waals surface area (Å²) in [5.74, 6) is -0.101. The summed E-state index contributed by atoms with van der Waals surface area (Å²) < 4.78 is 24.8. The van der Waals surface area contributed by atoms with Crippen LogP contribution in [0.25, 0.3) is 0 Å². The molecule has 1 heterocycles. The lowest BCUT2D eigenvalue weighted by atomic mass is 10.2. The van der Waals surface area contributed by atoms with Gasteiger partial charge in [-0.2, -0.15) is 0 Å². The molecule has 0 amide bonds. The second-order valence-corrected chi connectivity index (χ2v) is 4.98. The minimum absolute atomic E-state index is 0.00483. The van der Waals surface area contributed by atoms with Crippen molar-refractivity contribution in [1.82, 2.24) is 4.90 Å². The molecule has 1 fully saturated rings. The van der Waals surface area contributed by atoms with Crippen molar-refractivity contribution in [3.63, 3.8) is 0 Å². The second-order valence-electron chi connectivity index (χ2n) is 4.54. The van der Waals surface area contributed by atoms with E-state index in [1.807, 2.05) is 7.05 Å². The molecule has 104 valence electrons. The zero-order chi connectivity index (χ0) is 13.8. The Balaban J connectivity index is 2.03. The fourth-order valence-electron chi connectivity index (χ4n) is 2.01. The second kappa shape index (κ2) is 6.27. The number of ether oxygens (including phenoxy) is 2. The molecule has 0 spiro atoms. The van der Waals surface area contributed by atoms with E-state index in [2.05, 4.69) is 4.90 Å². The van der Waals surface area contributed by atoms with Gasteiger partial charge in [-0.05, 0) is 19.2 Å². The van der Waals surface area contributed by atoms with E-state index < -0.39 is 5.82 Å². The van der Waals surface area contributed by atoms with Crippen molar-refractivity contribution in [3.8, 4) is 5.75 Å². The van der Waals surface area contributed by atoms with Crippen LogP contribution in [-0.2, 0) is 4.74 Å². The van der Waals surface area contributed by atoms with Gasteiger partial charge in [0, 0.05) is 13.1 Å². The van der Waals surface area contributed by atoms with Crippen LogP contribution < -0.4 is 10.5 Å². The fourth-order valence-corrected chi connectivity index (χ4v) is 2.21. The molecule has 1 aliphatic heterocycles. The minimum atomic E-state index is -0.466. The van der Waals surface area contributed by atoms with Crippen LogP contribution >= 0.6 is 12.2 Å². The average Bonchev–Trinajstić information content (AvgIpc) is 2.36. The van der Waals surface area contributed by atoms with Gasteiger partial charge in [0.15, 0.2) is 0 Å². The molecule has 19 heavy (non-hydrogen) atoms. The highest BCUT2D eigenvalue weighted by Crippen LogP contribution is 2.22. The Kier molecular flexibility index (Phi) is 4.68. The van der Waals surface area contributed by atoms with Crippen molar-refractivity contribution in [3.05, 3.63) is 29.6 Å². The van der Waals surface area contributed by atoms with Crippen molar-refractivity contribution >= 4 is 17.2 Å². The van der Waals surface area contributed by atoms with Gasteiger partial charge in [0.2, 0.25) is 0 Å². The molecular formula is C13H17FN2O2S. The van der Waals surface area contributed by atoms with Gasteiger partial charge in [-0.15, -0.1) is 0 Å². The number of rotatable bonds is 4. The molecule has 0 bridgehead atoms. The van der Waals surface area contributed by atoms with Crippen molar-refractivity contribution in [2.45, 2.75) is 6.10 Å². The fraction of sp³-hybridized carbons (Fsp3) is 0.462. The summed E-state index contributed by atoms with van der Waals surface area (Å²) >= 11 is 4.84. The summed E-state index contributed by atoms with van der Waals surface area (Å²) in [6, 6.07) is 4.54. The first-order valence-corrected chi connectivity index (χ1v) is 6.50. The maximum atomic E-state index is 13.6. The smallest absolute Gasteiger partial charge is 0.137 e. The number of likely N-dealkylation sites (N-methyl/N-ethyl adjacent to an activating group) is 1. The number of nitrogens with two attached hydrogens (primary N) is 1. The molecule has 1 aliphatic rings. The van der Waals surface area contributed by atoms with E-state index in [0.717, 1.165) is 13.1 Å². The zero-order valence-corrected chi connectivity index (χ0v) is 11.6. The number of benzene rings is 1. The first kappa shape index (κ1) is 14.2. The highest BCUT2D eigenvalue weighted by atomic mass is 32.1. The number of halogens is 1. The zero-order valence-electron chi connectivity index (χ0n) is 10.8. The Morgan fingerprint density at radius 1 is 1.63 bits per heavy atom. The lowest BCUT2D eigenvalue weighted by Gasteiger charge is -2.30. The van der Waals surface area contributed by atoms with Gasteiger partial charge in [0.1, 0.15) is 29.3 Å². The van der Waals surface area contributed by atoms with Crippen LogP contribution in [0.3, 0.4) is 0 Å². The first-order chi connectivity index (χ1) is 9.08. The van der Waals surface area contributed by atoms with Gasteiger partial charge in [0.25, 0.3) is 0 Å². The van der Waals surface area contributed by atoms with Crippen LogP contribution in [0.1, 0.15) is 5.56 Å². The Labute approximate surface area is 117 Å². The monoisotopic (exact) mass is 284 g/mol. The average molecular weight is 284 g/mol. The third-order valence-corrected chi connectivity index (χ3v) is 3.19. The molecule has 0 aliphatic carbocycles. The summed E-state index contributed by atoms with van der Waals surface area (Å²) in [5.41, 5.74) is 5.67. The molecule has 0 aromatic heterocycles. The molecule has 1 unspecified atom stereocenters. The lowest BCUT2D eigenvalue weighted by molar-refractivity contribution is -0.0404. The third kappa shape index (κ3) is 3.62. The van der Waals surface area contributed by atoms with E-state index in [4.69, 9.17) is 27.4 Å². The summed E-state index contributed by atoms with van der Waals surface area (Å²) in [6.45, 7) is 2.73. The van der Waals surface area contributed by atoms with Crippen molar-refractivity contribution in [2.75, 3.05) is 33.4 Å². The maximum Gasteiger partial charge on any atom is 0.137 e. The molecule has 1 aromatic rings. The quantitative estimate of drug-likeness (QED) is 0.841. The number of morpholine rings is 1. The Hall–Kier alpha value is -1.24. The number of nitrogens with zero attached hydrogens (tertiary/aromatic N) is 1. The molecule has 1 saturated heterocycles. The van der Waals surface area contributed by atoms with Crippen LogP contribution in [-0.4, -0.2) is 49.3 Å². The molecule has 0 radical (unpaired) electrons. The van der Waals surface area contributed by atoms with Crippen molar-refractivity contribution < 1.29 is 13.9 Å². The van der Waals surface area contributed by atoms with Crippen LogP contribution in [0.2, 0.25) is 0 Å². The molecule has 0 saturated carbocycles. The molecule has 2 rings (SSSR count). The number of hydrogen-bond donors (Lipinski definition) is 1. The molecule has 1 atom stereocenters. The molecular weight excluding hydrogens is 267 g/mol. The van der Waals surface area contributed by atoms with Crippen molar-refractivity contribution in [2.24, 2.45) is 5.73 Å². The van der Waals surface area contributed by atoms with E-state index in [1.54, 1.807) is 12.1 Å². The minimum Gasteiger partial charge on any atom is -0.490 e. The van der Waals surface area contributed by atoms with E-state index in [9.17, 15) is 4.39 Å². The number of thiocarbonyl (C=S) groups is 1. The van der Waals surface area contributed by atoms with Crippen LogP contribution in [0.15, 0.2) is 18.2 Å². The molecule has 4 nitrogen and oxygen atoms in total. The third-order valence-electron chi connectivity index (χ3n) is 2.99. The van der Waals surface area contributed by atoms with E-state index >= 15 is 0 Å². The van der Waals surface area contributed by atoms with Gasteiger partial charge in [-0.3, -0.25) is 0 Å². The van der Waals surface area contributed by atoms with Crippen molar-refractivity contribution in [1.29, 1.82) is 0 Å². The Morgan fingerprint density at radius 2 is 2.42 bits per heavy atom. The largest absolute Gasteiger partial charge is 0.490 e. The predicted octanol–water partition coefficient (Wildman–Crippen LogP) is 1.17. The molecule has 1 aromatic carbocycles. The van der Waals surface area contributed by atoms with E-state index in [1.165, 1.54) is 6.07 Å². The summed E-state index contributed by atoms with van der Waals surface area (Å²) in [7, 11) is 2.03. The summed E-state index contributed by atoms with van der Waals surface area (Å²) in [4.78, 5) is 2.16. The summed E-state index contributed by atoms with van der Waals surface area (Å²) in [5, 5.41) is 0. The lowest BCUT2D eigenvalue weighted by Crippen LogP contribution is -2.42. The topological polar surface area (TPSA) is 47.7 Å². The number of hydrogen-bond acceptors (Lipinski definition) is 4. The van der Waals surface area contributed by atoms with Gasteiger partial charge in [-0.1, -0.05) is 18.3 Å².